The number of aliphatic carboxylic acids is 1. The molecule has 0 spiro atoms. The molecule has 1 heterocycles. The van der Waals surface area contributed by atoms with Gasteiger partial charge >= 0.3 is 5.97 Å². The van der Waals surface area contributed by atoms with Gasteiger partial charge in [0.1, 0.15) is 0 Å². The third-order valence-electron chi connectivity index (χ3n) is 3.16. The number of rotatable bonds is 3. The third-order valence-corrected chi connectivity index (χ3v) is 3.69. The molecule has 92 valence electrons. The van der Waals surface area contributed by atoms with E-state index in [1.165, 1.54) is 0 Å². The van der Waals surface area contributed by atoms with Crippen LogP contribution < -0.4 is 0 Å². The molecule has 1 fully saturated rings. The third kappa shape index (κ3) is 3.07. The molecule has 1 saturated heterocycles. The van der Waals surface area contributed by atoms with Crippen molar-refractivity contribution in [1.29, 1.82) is 0 Å². The highest BCUT2D eigenvalue weighted by Crippen LogP contribution is 2.31. The highest BCUT2D eigenvalue weighted by atomic mass is 79.9. The first-order chi connectivity index (χ1) is 8.18. The molecule has 4 heteroatoms. The van der Waals surface area contributed by atoms with Crippen LogP contribution in [0.15, 0.2) is 28.7 Å². The molecule has 17 heavy (non-hydrogen) atoms. The van der Waals surface area contributed by atoms with E-state index in [2.05, 4.69) is 15.9 Å². The van der Waals surface area contributed by atoms with Crippen molar-refractivity contribution >= 4 is 21.9 Å². The molecular formula is C13H15BrO3. The molecule has 1 N–H and O–H groups in total. The SMILES string of the molecule is O=C(O)C(c1ccc(Br)cc1)C1CCCOC1. The Morgan fingerprint density at radius 3 is 2.65 bits per heavy atom. The first-order valence-corrected chi connectivity index (χ1v) is 6.54. The zero-order valence-electron chi connectivity index (χ0n) is 9.43. The molecule has 0 saturated carbocycles. The van der Waals surface area contributed by atoms with Gasteiger partial charge in [-0.05, 0) is 36.5 Å². The van der Waals surface area contributed by atoms with Crippen molar-refractivity contribution < 1.29 is 14.6 Å². The second-order valence-corrected chi connectivity index (χ2v) is 5.26. The largest absolute Gasteiger partial charge is 0.481 e. The van der Waals surface area contributed by atoms with Crippen molar-refractivity contribution in [3.8, 4) is 0 Å². The lowest BCUT2D eigenvalue weighted by molar-refractivity contribution is -0.141. The number of ether oxygens (including phenoxy) is 1. The van der Waals surface area contributed by atoms with Crippen molar-refractivity contribution in [1.82, 2.24) is 0 Å². The molecule has 2 atom stereocenters. The lowest BCUT2D eigenvalue weighted by Crippen LogP contribution is -2.28. The molecule has 1 aliphatic heterocycles. The summed E-state index contributed by atoms with van der Waals surface area (Å²) in [6, 6.07) is 7.51. The topological polar surface area (TPSA) is 46.5 Å². The predicted molar refractivity (Wildman–Crippen MR) is 68.1 cm³/mol. The number of benzene rings is 1. The second-order valence-electron chi connectivity index (χ2n) is 4.34. The lowest BCUT2D eigenvalue weighted by atomic mass is 9.83. The fourth-order valence-electron chi connectivity index (χ4n) is 2.32. The van der Waals surface area contributed by atoms with E-state index in [-0.39, 0.29) is 5.92 Å². The summed E-state index contributed by atoms with van der Waals surface area (Å²) in [6.45, 7) is 1.30. The molecule has 1 aromatic rings. The van der Waals surface area contributed by atoms with Crippen LogP contribution in [0.25, 0.3) is 0 Å². The van der Waals surface area contributed by atoms with E-state index in [0.717, 1.165) is 29.5 Å². The van der Waals surface area contributed by atoms with Crippen LogP contribution in [-0.2, 0) is 9.53 Å². The molecule has 0 aliphatic carbocycles. The summed E-state index contributed by atoms with van der Waals surface area (Å²) >= 11 is 3.36. The molecule has 1 aliphatic rings. The molecule has 3 nitrogen and oxygen atoms in total. The van der Waals surface area contributed by atoms with Gasteiger partial charge in [-0.3, -0.25) is 4.79 Å². The minimum absolute atomic E-state index is 0.0856. The number of carbonyl (C=O) groups is 1. The Bertz CT molecular complexity index is 382. The van der Waals surface area contributed by atoms with Crippen molar-refractivity contribution in [2.24, 2.45) is 5.92 Å². The van der Waals surface area contributed by atoms with Crippen LogP contribution in [0.2, 0.25) is 0 Å². The molecule has 2 rings (SSSR count). The number of halogens is 1. The fraction of sp³-hybridized carbons (Fsp3) is 0.462. The van der Waals surface area contributed by atoms with Gasteiger partial charge in [0.25, 0.3) is 0 Å². The minimum Gasteiger partial charge on any atom is -0.481 e. The van der Waals surface area contributed by atoms with Crippen LogP contribution in [0.5, 0.6) is 0 Å². The van der Waals surface area contributed by atoms with E-state index in [4.69, 9.17) is 4.74 Å². The number of carboxylic acids is 1. The van der Waals surface area contributed by atoms with Crippen molar-refractivity contribution in [2.45, 2.75) is 18.8 Å². The molecule has 0 bridgehead atoms. The lowest BCUT2D eigenvalue weighted by Gasteiger charge is -2.27. The smallest absolute Gasteiger partial charge is 0.311 e. The summed E-state index contributed by atoms with van der Waals surface area (Å²) in [6.07, 6.45) is 1.87. The molecule has 2 unspecified atom stereocenters. The normalized spacial score (nSPS) is 22.1. The summed E-state index contributed by atoms with van der Waals surface area (Å²) in [5.74, 6) is -1.13. The van der Waals surface area contributed by atoms with Gasteiger partial charge in [-0.15, -0.1) is 0 Å². The Kier molecular flexibility index (Phi) is 4.18. The highest BCUT2D eigenvalue weighted by Gasteiger charge is 2.31. The van der Waals surface area contributed by atoms with Gasteiger partial charge < -0.3 is 9.84 Å². The maximum Gasteiger partial charge on any atom is 0.311 e. The average molecular weight is 299 g/mol. The standard InChI is InChI=1S/C13H15BrO3/c14-11-5-3-9(4-6-11)12(13(15)16)10-2-1-7-17-8-10/h3-6,10,12H,1-2,7-8H2,(H,15,16). The maximum absolute atomic E-state index is 11.4. The highest BCUT2D eigenvalue weighted by molar-refractivity contribution is 9.10. The van der Waals surface area contributed by atoms with Crippen molar-refractivity contribution in [3.05, 3.63) is 34.3 Å². The summed E-state index contributed by atoms with van der Waals surface area (Å²) in [4.78, 5) is 11.4. The van der Waals surface area contributed by atoms with Gasteiger partial charge in [-0.1, -0.05) is 28.1 Å². The van der Waals surface area contributed by atoms with E-state index in [1.807, 2.05) is 24.3 Å². The van der Waals surface area contributed by atoms with Gasteiger partial charge in [0.05, 0.1) is 12.5 Å². The van der Waals surface area contributed by atoms with E-state index < -0.39 is 11.9 Å². The van der Waals surface area contributed by atoms with Crippen LogP contribution in [0.3, 0.4) is 0 Å². The van der Waals surface area contributed by atoms with E-state index >= 15 is 0 Å². The van der Waals surface area contributed by atoms with Gasteiger partial charge in [0.15, 0.2) is 0 Å². The van der Waals surface area contributed by atoms with Crippen LogP contribution in [-0.4, -0.2) is 24.3 Å². The second kappa shape index (κ2) is 5.65. The molecule has 0 radical (unpaired) electrons. The zero-order valence-corrected chi connectivity index (χ0v) is 11.0. The summed E-state index contributed by atoms with van der Waals surface area (Å²) in [5, 5.41) is 9.38. The molecule has 1 aromatic carbocycles. The number of hydrogen-bond donors (Lipinski definition) is 1. The van der Waals surface area contributed by atoms with Crippen molar-refractivity contribution in [2.75, 3.05) is 13.2 Å². The van der Waals surface area contributed by atoms with E-state index in [9.17, 15) is 9.90 Å². The summed E-state index contributed by atoms with van der Waals surface area (Å²) in [7, 11) is 0. The van der Waals surface area contributed by atoms with Crippen molar-refractivity contribution in [3.63, 3.8) is 0 Å². The minimum atomic E-state index is -0.761. The molecular weight excluding hydrogens is 284 g/mol. The Labute approximate surface area is 109 Å². The van der Waals surface area contributed by atoms with Crippen LogP contribution in [0.4, 0.5) is 0 Å². The maximum atomic E-state index is 11.4. The van der Waals surface area contributed by atoms with Gasteiger partial charge in [-0.2, -0.15) is 0 Å². The first-order valence-electron chi connectivity index (χ1n) is 5.74. The fourth-order valence-corrected chi connectivity index (χ4v) is 2.58. The van der Waals surface area contributed by atoms with E-state index in [0.29, 0.717) is 6.61 Å². The zero-order chi connectivity index (χ0) is 12.3. The van der Waals surface area contributed by atoms with E-state index in [1.54, 1.807) is 0 Å². The van der Waals surface area contributed by atoms with Gasteiger partial charge in [-0.25, -0.2) is 0 Å². The van der Waals surface area contributed by atoms with Crippen LogP contribution in [0.1, 0.15) is 24.3 Å². The van der Waals surface area contributed by atoms with Crippen LogP contribution in [0, 0.1) is 5.92 Å². The average Bonchev–Trinajstić information content (AvgIpc) is 2.33. The quantitative estimate of drug-likeness (QED) is 0.933. The van der Waals surface area contributed by atoms with Crippen LogP contribution >= 0.6 is 15.9 Å². The Balaban J connectivity index is 2.21. The first kappa shape index (κ1) is 12.6. The predicted octanol–water partition coefficient (Wildman–Crippen LogP) is 3.04. The Morgan fingerprint density at radius 1 is 1.41 bits per heavy atom. The van der Waals surface area contributed by atoms with Gasteiger partial charge in [0, 0.05) is 11.1 Å². The molecule has 0 aromatic heterocycles. The van der Waals surface area contributed by atoms with Gasteiger partial charge in [0.2, 0.25) is 0 Å². The molecule has 0 amide bonds. The number of carboxylic acid groups (broad SMARTS) is 1. The Hall–Kier alpha value is -0.870. The Morgan fingerprint density at radius 2 is 2.12 bits per heavy atom. The monoisotopic (exact) mass is 298 g/mol. The summed E-state index contributed by atoms with van der Waals surface area (Å²) < 4.78 is 6.35. The summed E-state index contributed by atoms with van der Waals surface area (Å²) in [5.41, 5.74) is 0.858. The number of hydrogen-bond acceptors (Lipinski definition) is 2.